The van der Waals surface area contributed by atoms with Gasteiger partial charge in [0.2, 0.25) is 0 Å². The molecule has 0 bridgehead atoms. The second-order valence-corrected chi connectivity index (χ2v) is 6.49. The van der Waals surface area contributed by atoms with Gasteiger partial charge < -0.3 is 9.84 Å². The van der Waals surface area contributed by atoms with Crippen molar-refractivity contribution in [2.24, 2.45) is 0 Å². The number of ether oxygens (including phenoxy) is 1. The van der Waals surface area contributed by atoms with Gasteiger partial charge in [-0.2, -0.15) is 0 Å². The van der Waals surface area contributed by atoms with Crippen LogP contribution in [0, 0.1) is 0 Å². The van der Waals surface area contributed by atoms with Gasteiger partial charge in [0.25, 0.3) is 10.0 Å². The van der Waals surface area contributed by atoms with Gasteiger partial charge >= 0.3 is 0 Å². The van der Waals surface area contributed by atoms with Crippen molar-refractivity contribution < 1.29 is 18.3 Å². The van der Waals surface area contributed by atoms with Crippen molar-refractivity contribution in [3.63, 3.8) is 0 Å². The molecule has 0 aliphatic heterocycles. The number of phenols is 1. The number of benzene rings is 2. The lowest BCUT2D eigenvalue weighted by atomic mass is 10.3. The molecule has 0 aliphatic rings. The zero-order valence-electron chi connectivity index (χ0n) is 10.5. The molecule has 0 heterocycles. The molecule has 0 atom stereocenters. The van der Waals surface area contributed by atoms with E-state index in [0.717, 1.165) is 4.47 Å². The van der Waals surface area contributed by atoms with Crippen LogP contribution in [0.15, 0.2) is 51.8 Å². The van der Waals surface area contributed by atoms with Crippen LogP contribution in [0.3, 0.4) is 0 Å². The Balaban J connectivity index is 2.30. The van der Waals surface area contributed by atoms with Gasteiger partial charge in [-0.15, -0.1) is 0 Å². The van der Waals surface area contributed by atoms with Crippen LogP contribution in [0.2, 0.25) is 0 Å². The smallest absolute Gasteiger partial charge is 0.261 e. The number of hydrogen-bond donors (Lipinski definition) is 2. The van der Waals surface area contributed by atoms with E-state index in [0.29, 0.717) is 11.4 Å². The van der Waals surface area contributed by atoms with Gasteiger partial charge in [0.1, 0.15) is 11.5 Å². The minimum Gasteiger partial charge on any atom is -0.508 e. The summed E-state index contributed by atoms with van der Waals surface area (Å²) < 4.78 is 32.6. The third kappa shape index (κ3) is 3.23. The number of phenolic OH excluding ortho intramolecular Hbond substituents is 1. The third-order valence-electron chi connectivity index (χ3n) is 2.55. The maximum absolute atomic E-state index is 12.2. The van der Waals surface area contributed by atoms with Gasteiger partial charge in [-0.05, 0) is 52.3 Å². The molecule has 7 heteroatoms. The van der Waals surface area contributed by atoms with Gasteiger partial charge in [-0.25, -0.2) is 8.42 Å². The highest BCUT2D eigenvalue weighted by Gasteiger charge is 2.14. The van der Waals surface area contributed by atoms with E-state index < -0.39 is 10.0 Å². The summed E-state index contributed by atoms with van der Waals surface area (Å²) >= 11 is 3.29. The molecule has 20 heavy (non-hydrogen) atoms. The van der Waals surface area contributed by atoms with Crippen molar-refractivity contribution in [1.82, 2.24) is 0 Å². The van der Waals surface area contributed by atoms with E-state index in [1.54, 1.807) is 18.2 Å². The minimum absolute atomic E-state index is 0.00857. The Labute approximate surface area is 125 Å². The van der Waals surface area contributed by atoms with E-state index in [-0.39, 0.29) is 10.6 Å². The van der Waals surface area contributed by atoms with E-state index in [9.17, 15) is 13.5 Å². The van der Waals surface area contributed by atoms with Crippen LogP contribution in [-0.4, -0.2) is 20.6 Å². The summed E-state index contributed by atoms with van der Waals surface area (Å²) in [5.74, 6) is 0.533. The van der Waals surface area contributed by atoms with Gasteiger partial charge in [0.15, 0.2) is 0 Å². The van der Waals surface area contributed by atoms with Crippen LogP contribution >= 0.6 is 15.9 Å². The fraction of sp³-hybridized carbons (Fsp3) is 0.0769. The van der Waals surface area contributed by atoms with Crippen molar-refractivity contribution in [2.45, 2.75) is 4.90 Å². The fourth-order valence-corrected chi connectivity index (χ4v) is 3.02. The van der Waals surface area contributed by atoms with Crippen molar-refractivity contribution in [2.75, 3.05) is 11.8 Å². The van der Waals surface area contributed by atoms with Gasteiger partial charge in [-0.1, -0.05) is 0 Å². The predicted molar refractivity (Wildman–Crippen MR) is 79.6 cm³/mol. The van der Waals surface area contributed by atoms with Crippen molar-refractivity contribution >= 4 is 31.6 Å². The van der Waals surface area contributed by atoms with Crippen LogP contribution in [-0.2, 0) is 10.0 Å². The number of methoxy groups -OCH3 is 1. The number of nitrogens with one attached hydrogen (secondary N) is 1. The predicted octanol–water partition coefficient (Wildman–Crippen LogP) is 2.96. The van der Waals surface area contributed by atoms with E-state index in [1.807, 2.05) is 0 Å². The second-order valence-electron chi connectivity index (χ2n) is 3.95. The molecule has 106 valence electrons. The molecule has 2 N–H and O–H groups in total. The maximum atomic E-state index is 12.2. The molecule has 2 aromatic rings. The van der Waals surface area contributed by atoms with Gasteiger partial charge in [-0.3, -0.25) is 4.72 Å². The number of hydrogen-bond acceptors (Lipinski definition) is 4. The monoisotopic (exact) mass is 357 g/mol. The van der Waals surface area contributed by atoms with E-state index in [2.05, 4.69) is 20.7 Å². The lowest BCUT2D eigenvalue weighted by Gasteiger charge is -2.10. The minimum atomic E-state index is -3.70. The number of halogens is 1. The summed E-state index contributed by atoms with van der Waals surface area (Å²) in [5, 5.41) is 9.17. The first-order valence-electron chi connectivity index (χ1n) is 5.58. The topological polar surface area (TPSA) is 75.6 Å². The first-order valence-corrected chi connectivity index (χ1v) is 7.85. The molecule has 0 amide bonds. The Morgan fingerprint density at radius 3 is 2.40 bits per heavy atom. The molecule has 0 saturated carbocycles. The lowest BCUT2D eigenvalue weighted by molar-refractivity contribution is 0.412. The number of anilines is 1. The quantitative estimate of drug-likeness (QED) is 0.881. The van der Waals surface area contributed by atoms with Crippen LogP contribution in [0.1, 0.15) is 0 Å². The number of sulfonamides is 1. The molecule has 2 rings (SSSR count). The molecule has 0 aliphatic carbocycles. The first kappa shape index (κ1) is 14.7. The highest BCUT2D eigenvalue weighted by molar-refractivity contribution is 9.10. The average molecular weight is 358 g/mol. The summed E-state index contributed by atoms with van der Waals surface area (Å²) in [6.45, 7) is 0. The number of aromatic hydroxyl groups is 1. The van der Waals surface area contributed by atoms with Crippen molar-refractivity contribution in [1.29, 1.82) is 0 Å². The molecule has 0 fully saturated rings. The van der Waals surface area contributed by atoms with Crippen LogP contribution in [0.5, 0.6) is 11.5 Å². The molecule has 0 radical (unpaired) electrons. The van der Waals surface area contributed by atoms with E-state index in [4.69, 9.17) is 4.74 Å². The standard InChI is InChI=1S/C13H12BrNO4S/c1-19-13-8-9(2-7-12(13)14)15-20(17,18)11-5-3-10(16)4-6-11/h2-8,15-16H,1H3. The molecule has 5 nitrogen and oxygen atoms in total. The number of rotatable bonds is 4. The summed E-state index contributed by atoms with van der Waals surface area (Å²) in [6.07, 6.45) is 0. The SMILES string of the molecule is COc1cc(NS(=O)(=O)c2ccc(O)cc2)ccc1Br. The maximum Gasteiger partial charge on any atom is 0.261 e. The fourth-order valence-electron chi connectivity index (χ4n) is 1.56. The van der Waals surface area contributed by atoms with Crippen molar-refractivity contribution in [3.8, 4) is 11.5 Å². The summed E-state index contributed by atoms with van der Waals surface area (Å²) in [4.78, 5) is 0.0668. The molecule has 0 spiro atoms. The zero-order chi connectivity index (χ0) is 14.8. The largest absolute Gasteiger partial charge is 0.508 e. The molecule has 0 saturated heterocycles. The Hall–Kier alpha value is -1.73. The second kappa shape index (κ2) is 5.72. The average Bonchev–Trinajstić information content (AvgIpc) is 2.41. The molecular formula is C13H12BrNO4S. The molecule has 2 aromatic carbocycles. The molecule has 0 aromatic heterocycles. The van der Waals surface area contributed by atoms with E-state index in [1.165, 1.54) is 31.4 Å². The highest BCUT2D eigenvalue weighted by Crippen LogP contribution is 2.29. The Morgan fingerprint density at radius 2 is 1.80 bits per heavy atom. The van der Waals surface area contributed by atoms with Gasteiger partial charge in [0, 0.05) is 6.07 Å². The van der Waals surface area contributed by atoms with E-state index >= 15 is 0 Å². The molecule has 0 unspecified atom stereocenters. The van der Waals surface area contributed by atoms with Gasteiger partial charge in [0.05, 0.1) is 22.2 Å². The van der Waals surface area contributed by atoms with Crippen molar-refractivity contribution in [3.05, 3.63) is 46.9 Å². The Bertz CT molecular complexity index is 714. The summed E-state index contributed by atoms with van der Waals surface area (Å²) in [6, 6.07) is 10.2. The molecular weight excluding hydrogens is 346 g/mol. The Kier molecular flexibility index (Phi) is 4.20. The van der Waals surface area contributed by atoms with Crippen LogP contribution < -0.4 is 9.46 Å². The summed E-state index contributed by atoms with van der Waals surface area (Å²) in [5.41, 5.74) is 0.387. The Morgan fingerprint density at radius 1 is 1.15 bits per heavy atom. The normalized spacial score (nSPS) is 11.1. The lowest BCUT2D eigenvalue weighted by Crippen LogP contribution is -2.12. The first-order chi connectivity index (χ1) is 9.42. The highest BCUT2D eigenvalue weighted by atomic mass is 79.9. The summed E-state index contributed by atoms with van der Waals surface area (Å²) in [7, 11) is -2.20. The third-order valence-corrected chi connectivity index (χ3v) is 4.60. The zero-order valence-corrected chi connectivity index (χ0v) is 12.9. The van der Waals surface area contributed by atoms with Crippen LogP contribution in [0.4, 0.5) is 5.69 Å². The van der Waals surface area contributed by atoms with Crippen LogP contribution in [0.25, 0.3) is 0 Å².